The Kier molecular flexibility index (Phi) is 3.88. The van der Waals surface area contributed by atoms with E-state index in [9.17, 15) is 0 Å². The van der Waals surface area contributed by atoms with Crippen molar-refractivity contribution in [3.63, 3.8) is 0 Å². The highest BCUT2D eigenvalue weighted by Crippen LogP contribution is 2.27. The number of benzene rings is 1. The van der Waals surface area contributed by atoms with Crippen molar-refractivity contribution in [2.75, 3.05) is 6.61 Å². The molecule has 1 fully saturated rings. The summed E-state index contributed by atoms with van der Waals surface area (Å²) >= 11 is 0. The minimum absolute atomic E-state index is 0.518. The summed E-state index contributed by atoms with van der Waals surface area (Å²) in [7, 11) is 0. The van der Waals surface area contributed by atoms with Gasteiger partial charge in [0, 0.05) is 5.92 Å². The molecule has 1 aromatic rings. The first kappa shape index (κ1) is 12.2. The van der Waals surface area contributed by atoms with Crippen LogP contribution in [0.2, 0.25) is 0 Å². The van der Waals surface area contributed by atoms with Gasteiger partial charge in [-0.25, -0.2) is 0 Å². The molecular weight excluding hydrogens is 208 g/mol. The summed E-state index contributed by atoms with van der Waals surface area (Å²) in [5.74, 6) is 2.15. The molecule has 1 heteroatoms. The van der Waals surface area contributed by atoms with Gasteiger partial charge in [-0.05, 0) is 36.3 Å². The van der Waals surface area contributed by atoms with Crippen molar-refractivity contribution >= 4 is 0 Å². The lowest BCUT2D eigenvalue weighted by atomic mass is 9.93. The van der Waals surface area contributed by atoms with Crippen LogP contribution >= 0.6 is 0 Å². The van der Waals surface area contributed by atoms with Gasteiger partial charge >= 0.3 is 0 Å². The average Bonchev–Trinajstić information content (AvgIpc) is 2.75. The fraction of sp³-hybridized carbons (Fsp3) is 0.500. The Balaban J connectivity index is 2.00. The Morgan fingerprint density at radius 3 is 2.59 bits per heavy atom. The highest BCUT2D eigenvalue weighted by atomic mass is 16.5. The van der Waals surface area contributed by atoms with E-state index in [-0.39, 0.29) is 0 Å². The summed E-state index contributed by atoms with van der Waals surface area (Å²) in [5, 5.41) is 0. The molecule has 0 N–H and O–H groups in total. The number of hydrogen-bond donors (Lipinski definition) is 0. The Morgan fingerprint density at radius 1 is 1.35 bits per heavy atom. The largest absolute Gasteiger partial charge is 0.498 e. The fourth-order valence-corrected chi connectivity index (χ4v) is 2.33. The van der Waals surface area contributed by atoms with Crippen LogP contribution in [0, 0.1) is 5.92 Å². The molecule has 2 atom stereocenters. The van der Waals surface area contributed by atoms with Gasteiger partial charge < -0.3 is 4.74 Å². The third-order valence-electron chi connectivity index (χ3n) is 3.85. The molecule has 0 aromatic heterocycles. The topological polar surface area (TPSA) is 9.23 Å². The second-order valence-corrected chi connectivity index (χ2v) is 5.06. The van der Waals surface area contributed by atoms with Gasteiger partial charge in [-0.15, -0.1) is 0 Å². The number of rotatable bonds is 4. The van der Waals surface area contributed by atoms with E-state index in [1.54, 1.807) is 0 Å². The lowest BCUT2D eigenvalue weighted by Crippen LogP contribution is -2.02. The molecule has 2 rings (SSSR count). The monoisotopic (exact) mass is 230 g/mol. The zero-order valence-corrected chi connectivity index (χ0v) is 10.9. The summed E-state index contributed by atoms with van der Waals surface area (Å²) in [4.78, 5) is 0. The molecule has 2 unspecified atom stereocenters. The van der Waals surface area contributed by atoms with Gasteiger partial charge in [0.2, 0.25) is 0 Å². The molecule has 0 aliphatic carbocycles. The first-order valence-corrected chi connectivity index (χ1v) is 6.61. The first-order valence-electron chi connectivity index (χ1n) is 6.61. The minimum atomic E-state index is 0.518. The van der Waals surface area contributed by atoms with Crippen LogP contribution in [-0.2, 0) is 11.2 Å². The van der Waals surface area contributed by atoms with Crippen molar-refractivity contribution < 1.29 is 4.74 Å². The normalized spacial score (nSPS) is 21.3. The van der Waals surface area contributed by atoms with Gasteiger partial charge in [-0.1, -0.05) is 44.7 Å². The van der Waals surface area contributed by atoms with Crippen LogP contribution in [0.1, 0.15) is 43.7 Å². The van der Waals surface area contributed by atoms with Crippen molar-refractivity contribution in [1.29, 1.82) is 0 Å². The molecule has 92 valence electrons. The molecule has 17 heavy (non-hydrogen) atoms. The van der Waals surface area contributed by atoms with E-state index in [2.05, 4.69) is 44.7 Å². The molecule has 1 saturated heterocycles. The number of hydrogen-bond acceptors (Lipinski definition) is 1. The predicted octanol–water partition coefficient (Wildman–Crippen LogP) is 4.29. The molecule has 1 nitrogen and oxygen atoms in total. The van der Waals surface area contributed by atoms with Crippen molar-refractivity contribution in [2.24, 2.45) is 5.92 Å². The zero-order chi connectivity index (χ0) is 12.3. The van der Waals surface area contributed by atoms with E-state index in [1.165, 1.54) is 17.5 Å². The first-order chi connectivity index (χ1) is 8.20. The average molecular weight is 230 g/mol. The Morgan fingerprint density at radius 2 is 2.06 bits per heavy atom. The smallest absolute Gasteiger partial charge is 0.0923 e. The maximum absolute atomic E-state index is 5.42. The standard InChI is InChI=1S/C16H22O/c1-4-12(2)15-7-5-14(6-8-15)11-16-9-10-17-13(16)3/h5-8,12,16H,3-4,9-11H2,1-2H3. The maximum atomic E-state index is 5.42. The van der Waals surface area contributed by atoms with Gasteiger partial charge in [0.1, 0.15) is 0 Å². The minimum Gasteiger partial charge on any atom is -0.498 e. The molecule has 1 aliphatic heterocycles. The Labute approximate surface area is 104 Å². The van der Waals surface area contributed by atoms with Gasteiger partial charge in [0.05, 0.1) is 12.4 Å². The molecule has 1 heterocycles. The number of ether oxygens (including phenoxy) is 1. The van der Waals surface area contributed by atoms with Gasteiger partial charge in [0.15, 0.2) is 0 Å². The summed E-state index contributed by atoms with van der Waals surface area (Å²) < 4.78 is 5.42. The van der Waals surface area contributed by atoms with Crippen LogP contribution in [0.15, 0.2) is 36.6 Å². The van der Waals surface area contributed by atoms with E-state index in [0.29, 0.717) is 11.8 Å². The van der Waals surface area contributed by atoms with Crippen LogP contribution in [0.5, 0.6) is 0 Å². The summed E-state index contributed by atoms with van der Waals surface area (Å²) in [6.45, 7) is 9.32. The predicted molar refractivity (Wildman–Crippen MR) is 72.1 cm³/mol. The highest BCUT2D eigenvalue weighted by Gasteiger charge is 2.20. The summed E-state index contributed by atoms with van der Waals surface area (Å²) in [6, 6.07) is 9.05. The van der Waals surface area contributed by atoms with Crippen molar-refractivity contribution in [3.8, 4) is 0 Å². The van der Waals surface area contributed by atoms with E-state index in [0.717, 1.165) is 25.2 Å². The second-order valence-electron chi connectivity index (χ2n) is 5.06. The molecule has 0 spiro atoms. The van der Waals surface area contributed by atoms with Gasteiger partial charge in [-0.2, -0.15) is 0 Å². The molecular formula is C16H22O. The molecule has 0 amide bonds. The van der Waals surface area contributed by atoms with Gasteiger partial charge in [0.25, 0.3) is 0 Å². The molecule has 1 aromatic carbocycles. The lowest BCUT2D eigenvalue weighted by molar-refractivity contribution is 0.260. The van der Waals surface area contributed by atoms with Crippen LogP contribution in [0.4, 0.5) is 0 Å². The summed E-state index contributed by atoms with van der Waals surface area (Å²) in [5.41, 5.74) is 2.84. The quantitative estimate of drug-likeness (QED) is 0.749. The molecule has 0 bridgehead atoms. The maximum Gasteiger partial charge on any atom is 0.0923 e. The zero-order valence-electron chi connectivity index (χ0n) is 10.9. The second kappa shape index (κ2) is 5.39. The molecule has 1 aliphatic rings. The number of allylic oxidation sites excluding steroid dienone is 1. The van der Waals surface area contributed by atoms with Crippen molar-refractivity contribution in [3.05, 3.63) is 47.7 Å². The molecule has 0 saturated carbocycles. The van der Waals surface area contributed by atoms with E-state index >= 15 is 0 Å². The third-order valence-corrected chi connectivity index (χ3v) is 3.85. The lowest BCUT2D eigenvalue weighted by Gasteiger charge is -2.12. The third kappa shape index (κ3) is 2.91. The Bertz CT molecular complexity index is 377. The Hall–Kier alpha value is -1.24. The molecule has 0 radical (unpaired) electrons. The van der Waals surface area contributed by atoms with Crippen LogP contribution in [-0.4, -0.2) is 6.61 Å². The van der Waals surface area contributed by atoms with E-state index in [1.807, 2.05) is 0 Å². The van der Waals surface area contributed by atoms with Gasteiger partial charge in [-0.3, -0.25) is 0 Å². The SMILES string of the molecule is C=C1OCCC1Cc1ccc(C(C)CC)cc1. The van der Waals surface area contributed by atoms with Crippen LogP contribution in [0.3, 0.4) is 0 Å². The fourth-order valence-electron chi connectivity index (χ4n) is 2.33. The van der Waals surface area contributed by atoms with Crippen LogP contribution in [0.25, 0.3) is 0 Å². The summed E-state index contributed by atoms with van der Waals surface area (Å²) in [6.07, 6.45) is 3.39. The van der Waals surface area contributed by atoms with Crippen LogP contribution < -0.4 is 0 Å². The highest BCUT2D eigenvalue weighted by molar-refractivity contribution is 5.26. The van der Waals surface area contributed by atoms with Crippen molar-refractivity contribution in [2.45, 2.75) is 39.0 Å². The van der Waals surface area contributed by atoms with Crippen molar-refractivity contribution in [1.82, 2.24) is 0 Å². The van der Waals surface area contributed by atoms with E-state index in [4.69, 9.17) is 4.74 Å². The van der Waals surface area contributed by atoms with E-state index < -0.39 is 0 Å².